The Hall–Kier alpha value is -1.72. The Morgan fingerprint density at radius 1 is 1.20 bits per heavy atom. The third-order valence-corrected chi connectivity index (χ3v) is 6.23. The second-order valence-electron chi connectivity index (χ2n) is 7.87. The largest absolute Gasteiger partial charge is 0.328 e. The van der Waals surface area contributed by atoms with Crippen LogP contribution in [0.3, 0.4) is 0 Å². The molecule has 0 aliphatic carbocycles. The Morgan fingerprint density at radius 2 is 1.88 bits per heavy atom. The first-order valence-corrected chi connectivity index (χ1v) is 9.61. The molecule has 1 aliphatic rings. The molecule has 0 N–H and O–H groups in total. The second kappa shape index (κ2) is 6.89. The van der Waals surface area contributed by atoms with Gasteiger partial charge in [-0.05, 0) is 19.5 Å². The summed E-state index contributed by atoms with van der Waals surface area (Å²) in [5.74, 6) is 0.118. The van der Waals surface area contributed by atoms with E-state index in [1.165, 1.54) is 5.56 Å². The number of benzene rings is 1. The SMILES string of the molecule is Cc1nc(C(C)(C)C)sc1C(=O)N1CCN(C)CC1c1ccccc1. The molecule has 1 aliphatic heterocycles. The molecule has 1 saturated heterocycles. The van der Waals surface area contributed by atoms with Crippen molar-refractivity contribution in [3.8, 4) is 0 Å². The monoisotopic (exact) mass is 357 g/mol. The van der Waals surface area contributed by atoms with Gasteiger partial charge in [0, 0.05) is 25.0 Å². The van der Waals surface area contributed by atoms with Crippen molar-refractivity contribution in [2.24, 2.45) is 0 Å². The van der Waals surface area contributed by atoms with E-state index < -0.39 is 0 Å². The van der Waals surface area contributed by atoms with Gasteiger partial charge in [0.2, 0.25) is 0 Å². The summed E-state index contributed by atoms with van der Waals surface area (Å²) >= 11 is 1.55. The maximum absolute atomic E-state index is 13.3. The summed E-state index contributed by atoms with van der Waals surface area (Å²) < 4.78 is 0. The maximum atomic E-state index is 13.3. The van der Waals surface area contributed by atoms with Gasteiger partial charge in [-0.25, -0.2) is 4.98 Å². The van der Waals surface area contributed by atoms with Gasteiger partial charge in [-0.2, -0.15) is 0 Å². The Kier molecular flexibility index (Phi) is 4.98. The molecule has 0 spiro atoms. The molecule has 1 amide bonds. The molecule has 25 heavy (non-hydrogen) atoms. The minimum atomic E-state index is -0.0328. The number of likely N-dealkylation sites (N-methyl/N-ethyl adjacent to an activating group) is 1. The highest BCUT2D eigenvalue weighted by Gasteiger charge is 2.33. The zero-order chi connectivity index (χ0) is 18.2. The average molecular weight is 358 g/mol. The van der Waals surface area contributed by atoms with Crippen molar-refractivity contribution in [2.45, 2.75) is 39.2 Å². The predicted octanol–water partition coefficient (Wildman–Crippen LogP) is 3.88. The van der Waals surface area contributed by atoms with Crippen LogP contribution in [0.2, 0.25) is 0 Å². The number of carbonyl (C=O) groups is 1. The Bertz CT molecular complexity index is 748. The highest BCUT2D eigenvalue weighted by Crippen LogP contribution is 2.33. The van der Waals surface area contributed by atoms with Gasteiger partial charge in [0.1, 0.15) is 4.88 Å². The van der Waals surface area contributed by atoms with Crippen molar-refractivity contribution in [1.29, 1.82) is 0 Å². The van der Waals surface area contributed by atoms with Crippen LogP contribution in [-0.4, -0.2) is 47.4 Å². The first-order valence-electron chi connectivity index (χ1n) is 8.79. The van der Waals surface area contributed by atoms with E-state index in [-0.39, 0.29) is 17.4 Å². The molecular weight excluding hydrogens is 330 g/mol. The number of aromatic nitrogens is 1. The van der Waals surface area contributed by atoms with Gasteiger partial charge in [-0.15, -0.1) is 11.3 Å². The van der Waals surface area contributed by atoms with Gasteiger partial charge in [-0.1, -0.05) is 51.1 Å². The van der Waals surface area contributed by atoms with Crippen molar-refractivity contribution >= 4 is 17.2 Å². The highest BCUT2D eigenvalue weighted by atomic mass is 32.1. The fraction of sp³-hybridized carbons (Fsp3) is 0.500. The molecule has 5 heteroatoms. The summed E-state index contributed by atoms with van der Waals surface area (Å²) in [5.41, 5.74) is 2.01. The van der Waals surface area contributed by atoms with Gasteiger partial charge in [0.25, 0.3) is 5.91 Å². The van der Waals surface area contributed by atoms with Crippen molar-refractivity contribution < 1.29 is 4.79 Å². The van der Waals surface area contributed by atoms with Crippen LogP contribution in [0.25, 0.3) is 0 Å². The summed E-state index contributed by atoms with van der Waals surface area (Å²) in [4.78, 5) is 23.1. The van der Waals surface area contributed by atoms with E-state index in [1.54, 1.807) is 11.3 Å². The number of rotatable bonds is 2. The van der Waals surface area contributed by atoms with E-state index in [2.05, 4.69) is 49.8 Å². The topological polar surface area (TPSA) is 36.4 Å². The minimum absolute atomic E-state index is 0.0328. The van der Waals surface area contributed by atoms with Gasteiger partial charge >= 0.3 is 0 Å². The third kappa shape index (κ3) is 3.77. The van der Waals surface area contributed by atoms with Crippen LogP contribution < -0.4 is 0 Å². The lowest BCUT2D eigenvalue weighted by Crippen LogP contribution is -2.49. The first kappa shape index (κ1) is 18.1. The van der Waals surface area contributed by atoms with Gasteiger partial charge in [0.15, 0.2) is 0 Å². The molecule has 0 saturated carbocycles. The fourth-order valence-electron chi connectivity index (χ4n) is 3.17. The zero-order valence-corrected chi connectivity index (χ0v) is 16.6. The number of amides is 1. The Morgan fingerprint density at radius 3 is 2.48 bits per heavy atom. The van der Waals surface area contributed by atoms with E-state index in [4.69, 9.17) is 0 Å². The number of aryl methyl sites for hydroxylation is 1. The van der Waals surface area contributed by atoms with E-state index >= 15 is 0 Å². The molecule has 0 radical (unpaired) electrons. The number of hydrogen-bond donors (Lipinski definition) is 0. The number of carbonyl (C=O) groups excluding carboxylic acids is 1. The maximum Gasteiger partial charge on any atom is 0.266 e. The zero-order valence-electron chi connectivity index (χ0n) is 15.7. The smallest absolute Gasteiger partial charge is 0.266 e. The lowest BCUT2D eigenvalue weighted by atomic mass is 9.98. The van der Waals surface area contributed by atoms with Gasteiger partial charge in [0.05, 0.1) is 16.7 Å². The average Bonchev–Trinajstić information content (AvgIpc) is 2.97. The molecule has 1 atom stereocenters. The number of hydrogen-bond acceptors (Lipinski definition) is 4. The van der Waals surface area contributed by atoms with E-state index in [0.717, 1.165) is 35.2 Å². The standard InChI is InChI=1S/C20H27N3OS/c1-14-17(25-19(21-14)20(2,3)4)18(24)23-12-11-22(5)13-16(23)15-9-7-6-8-10-15/h6-10,16H,11-13H2,1-5H3. The fourth-order valence-corrected chi connectivity index (χ4v) is 4.25. The summed E-state index contributed by atoms with van der Waals surface area (Å²) in [6.45, 7) is 10.9. The molecule has 1 unspecified atom stereocenters. The quantitative estimate of drug-likeness (QED) is 0.818. The van der Waals surface area contributed by atoms with Crippen LogP contribution in [0.1, 0.15) is 52.7 Å². The van der Waals surface area contributed by atoms with Crippen LogP contribution in [-0.2, 0) is 5.41 Å². The molecule has 2 aromatic rings. The minimum Gasteiger partial charge on any atom is -0.328 e. The lowest BCUT2D eigenvalue weighted by molar-refractivity contribution is 0.0502. The van der Waals surface area contributed by atoms with Gasteiger partial charge < -0.3 is 9.80 Å². The Labute approximate surface area is 154 Å². The molecule has 1 aromatic heterocycles. The number of piperazine rings is 1. The molecule has 1 fully saturated rings. The van der Waals surface area contributed by atoms with Crippen LogP contribution in [0.4, 0.5) is 0 Å². The van der Waals surface area contributed by atoms with Crippen molar-refractivity contribution in [3.05, 3.63) is 51.5 Å². The van der Waals surface area contributed by atoms with Gasteiger partial charge in [-0.3, -0.25) is 4.79 Å². The normalized spacial score (nSPS) is 19.2. The van der Waals surface area contributed by atoms with Crippen LogP contribution in [0.15, 0.2) is 30.3 Å². The Balaban J connectivity index is 1.93. The summed E-state index contributed by atoms with van der Waals surface area (Å²) in [5, 5.41) is 1.03. The lowest BCUT2D eigenvalue weighted by Gasteiger charge is -2.40. The molecule has 3 rings (SSSR count). The molecular formula is C20H27N3OS. The van der Waals surface area contributed by atoms with Crippen molar-refractivity contribution in [3.63, 3.8) is 0 Å². The van der Waals surface area contributed by atoms with E-state index in [9.17, 15) is 4.79 Å². The van der Waals surface area contributed by atoms with E-state index in [1.807, 2.05) is 30.0 Å². The van der Waals surface area contributed by atoms with Crippen LogP contribution in [0, 0.1) is 6.92 Å². The second-order valence-corrected chi connectivity index (χ2v) is 8.87. The van der Waals surface area contributed by atoms with Crippen LogP contribution >= 0.6 is 11.3 Å². The summed E-state index contributed by atoms with van der Waals surface area (Å²) in [7, 11) is 2.12. The molecule has 134 valence electrons. The molecule has 1 aromatic carbocycles. The molecule has 2 heterocycles. The number of thiazole rings is 1. The third-order valence-electron chi connectivity index (χ3n) is 4.66. The number of nitrogens with zero attached hydrogens (tertiary/aromatic N) is 3. The summed E-state index contributed by atoms with van der Waals surface area (Å²) in [6.07, 6.45) is 0. The van der Waals surface area contributed by atoms with Crippen LogP contribution in [0.5, 0.6) is 0 Å². The first-order chi connectivity index (χ1) is 11.8. The summed E-state index contributed by atoms with van der Waals surface area (Å²) in [6, 6.07) is 10.4. The predicted molar refractivity (Wildman–Crippen MR) is 103 cm³/mol. The molecule has 4 nitrogen and oxygen atoms in total. The van der Waals surface area contributed by atoms with E-state index in [0.29, 0.717) is 0 Å². The van der Waals surface area contributed by atoms with Crippen molar-refractivity contribution in [1.82, 2.24) is 14.8 Å². The van der Waals surface area contributed by atoms with Crippen molar-refractivity contribution in [2.75, 3.05) is 26.7 Å². The highest BCUT2D eigenvalue weighted by molar-refractivity contribution is 7.14. The molecule has 0 bridgehead atoms.